The second-order valence-corrected chi connectivity index (χ2v) is 12.5. The van der Waals surface area contributed by atoms with Crippen molar-refractivity contribution in [3.8, 4) is 0 Å². The lowest BCUT2D eigenvalue weighted by Gasteiger charge is -2.43. The fraction of sp³-hybridized carbons (Fsp3) is 0.733. The zero-order valence-electron chi connectivity index (χ0n) is 20.9. The first-order chi connectivity index (χ1) is 14.0. The topological polar surface area (TPSA) is 0 Å². The molecule has 0 N–H and O–H groups in total. The Morgan fingerprint density at radius 3 is 2.40 bits per heavy atom. The number of rotatable bonds is 5. The van der Waals surface area contributed by atoms with E-state index in [1.54, 1.807) is 16.7 Å². The van der Waals surface area contributed by atoms with Gasteiger partial charge in [-0.15, -0.1) is 0 Å². The van der Waals surface area contributed by atoms with Crippen molar-refractivity contribution in [1.29, 1.82) is 0 Å². The van der Waals surface area contributed by atoms with Crippen LogP contribution in [0.5, 0.6) is 0 Å². The number of hydrogen-bond acceptors (Lipinski definition) is 0. The first-order valence-electron chi connectivity index (χ1n) is 12.8. The average molecular weight is 409 g/mol. The molecule has 5 atom stereocenters. The van der Waals surface area contributed by atoms with E-state index >= 15 is 0 Å². The summed E-state index contributed by atoms with van der Waals surface area (Å²) in [7, 11) is 0. The van der Waals surface area contributed by atoms with Crippen molar-refractivity contribution in [3.63, 3.8) is 0 Å². The van der Waals surface area contributed by atoms with E-state index in [9.17, 15) is 0 Å². The van der Waals surface area contributed by atoms with Crippen molar-refractivity contribution in [2.45, 2.75) is 106 Å². The highest BCUT2D eigenvalue weighted by molar-refractivity contribution is 5.29. The molecule has 3 fully saturated rings. The van der Waals surface area contributed by atoms with Gasteiger partial charge in [-0.3, -0.25) is 0 Å². The van der Waals surface area contributed by atoms with Gasteiger partial charge < -0.3 is 0 Å². The first-order valence-corrected chi connectivity index (χ1v) is 12.8. The maximum Gasteiger partial charge on any atom is -0.0140 e. The van der Waals surface area contributed by atoms with Gasteiger partial charge in [0.15, 0.2) is 0 Å². The zero-order chi connectivity index (χ0) is 22.1. The van der Waals surface area contributed by atoms with Crippen LogP contribution in [0.25, 0.3) is 0 Å². The van der Waals surface area contributed by atoms with Crippen LogP contribution in [0.4, 0.5) is 0 Å². The standard InChI is InChI=1S/C30H48/c1-21(11-9-17-29(5,6)7)27-15-16-28-26(12-10-18-30(27,28)8)14-13-25-19-22(2)24(4)23(3)20-25/h13-14,22-23,27-28H,1,4,9-12,15-20H2,2-3,5-8H3. The van der Waals surface area contributed by atoms with Gasteiger partial charge in [0.1, 0.15) is 0 Å². The Bertz CT molecular complexity index is 693. The van der Waals surface area contributed by atoms with Crippen LogP contribution in [0.1, 0.15) is 106 Å². The van der Waals surface area contributed by atoms with Crippen molar-refractivity contribution in [2.24, 2.45) is 34.5 Å². The molecule has 3 saturated carbocycles. The smallest absolute Gasteiger partial charge is 0.0140 e. The predicted molar refractivity (Wildman–Crippen MR) is 133 cm³/mol. The van der Waals surface area contributed by atoms with E-state index in [2.05, 4.69) is 66.9 Å². The fourth-order valence-corrected chi connectivity index (χ4v) is 6.91. The van der Waals surface area contributed by atoms with Crippen molar-refractivity contribution in [2.75, 3.05) is 0 Å². The Morgan fingerprint density at radius 2 is 1.77 bits per heavy atom. The SMILES string of the molecule is C=C1C(C)CC(=CC=C2CCCC3(C)C(C(=C)CCCC(C)(C)C)CCC23)CC1C. The molecule has 0 spiro atoms. The minimum Gasteiger partial charge on any atom is -0.0996 e. The third kappa shape index (κ3) is 5.23. The molecule has 0 aliphatic heterocycles. The molecule has 0 aromatic carbocycles. The van der Waals surface area contributed by atoms with Gasteiger partial charge in [0.25, 0.3) is 0 Å². The lowest BCUT2D eigenvalue weighted by Crippen LogP contribution is -2.34. The number of hydrogen-bond donors (Lipinski definition) is 0. The highest BCUT2D eigenvalue weighted by Gasteiger charge is 2.49. The Morgan fingerprint density at radius 1 is 1.10 bits per heavy atom. The lowest BCUT2D eigenvalue weighted by atomic mass is 9.62. The van der Waals surface area contributed by atoms with Crippen LogP contribution in [0.3, 0.4) is 0 Å². The average Bonchev–Trinajstić information content (AvgIpc) is 3.00. The molecule has 0 amide bonds. The Labute approximate surface area is 188 Å². The molecular weight excluding hydrogens is 360 g/mol. The maximum absolute atomic E-state index is 4.62. The second-order valence-electron chi connectivity index (χ2n) is 12.5. The van der Waals surface area contributed by atoms with Gasteiger partial charge in [0.2, 0.25) is 0 Å². The van der Waals surface area contributed by atoms with E-state index in [0.29, 0.717) is 22.7 Å². The molecule has 30 heavy (non-hydrogen) atoms. The van der Waals surface area contributed by atoms with Gasteiger partial charge in [-0.25, -0.2) is 0 Å². The first kappa shape index (κ1) is 23.6. The summed E-state index contributed by atoms with van der Waals surface area (Å²) in [5, 5.41) is 0. The van der Waals surface area contributed by atoms with Gasteiger partial charge in [-0.2, -0.15) is 0 Å². The molecule has 168 valence electrons. The lowest BCUT2D eigenvalue weighted by molar-refractivity contribution is 0.153. The monoisotopic (exact) mass is 408 g/mol. The third-order valence-electron chi connectivity index (χ3n) is 8.82. The van der Waals surface area contributed by atoms with Crippen LogP contribution < -0.4 is 0 Å². The van der Waals surface area contributed by atoms with Gasteiger partial charge in [-0.05, 0) is 98.7 Å². The summed E-state index contributed by atoms with van der Waals surface area (Å²) in [6, 6.07) is 0. The van der Waals surface area contributed by atoms with Gasteiger partial charge in [0, 0.05) is 0 Å². The molecule has 3 aliphatic rings. The molecule has 3 aliphatic carbocycles. The zero-order valence-corrected chi connectivity index (χ0v) is 20.9. The number of fused-ring (bicyclic) bond motifs is 1. The summed E-state index contributed by atoms with van der Waals surface area (Å²) in [6.07, 6.45) is 18.1. The van der Waals surface area contributed by atoms with Crippen molar-refractivity contribution < 1.29 is 0 Å². The van der Waals surface area contributed by atoms with Crippen molar-refractivity contribution >= 4 is 0 Å². The highest BCUT2D eigenvalue weighted by Crippen LogP contribution is 2.59. The van der Waals surface area contributed by atoms with Crippen LogP contribution in [-0.4, -0.2) is 0 Å². The van der Waals surface area contributed by atoms with E-state index in [1.807, 2.05) is 0 Å². The molecule has 0 nitrogen and oxygen atoms in total. The van der Waals surface area contributed by atoms with Gasteiger partial charge >= 0.3 is 0 Å². The summed E-state index contributed by atoms with van der Waals surface area (Å²) in [4.78, 5) is 0. The van der Waals surface area contributed by atoms with Crippen LogP contribution >= 0.6 is 0 Å². The van der Waals surface area contributed by atoms with Crippen LogP contribution in [0.2, 0.25) is 0 Å². The quantitative estimate of drug-likeness (QED) is 0.397. The summed E-state index contributed by atoms with van der Waals surface area (Å²) < 4.78 is 0. The molecular formula is C30H48. The molecule has 0 bridgehead atoms. The normalized spacial score (nSPS) is 36.1. The molecule has 0 radical (unpaired) electrons. The largest absolute Gasteiger partial charge is 0.0996 e. The van der Waals surface area contributed by atoms with E-state index < -0.39 is 0 Å². The Hall–Kier alpha value is -1.04. The van der Waals surface area contributed by atoms with Crippen LogP contribution in [-0.2, 0) is 0 Å². The highest BCUT2D eigenvalue weighted by atomic mass is 14.5. The molecule has 0 heteroatoms. The van der Waals surface area contributed by atoms with Gasteiger partial charge in [0.05, 0.1) is 0 Å². The Balaban J connectivity index is 1.68. The maximum atomic E-state index is 4.62. The molecule has 3 rings (SSSR count). The van der Waals surface area contributed by atoms with E-state index in [4.69, 9.17) is 0 Å². The van der Waals surface area contributed by atoms with Crippen molar-refractivity contribution in [3.05, 3.63) is 47.6 Å². The molecule has 5 unspecified atom stereocenters. The third-order valence-corrected chi connectivity index (χ3v) is 8.82. The minimum atomic E-state index is 0.442. The van der Waals surface area contributed by atoms with Crippen LogP contribution in [0.15, 0.2) is 47.6 Å². The van der Waals surface area contributed by atoms with Gasteiger partial charge in [-0.1, -0.05) is 89.1 Å². The van der Waals surface area contributed by atoms with E-state index in [0.717, 1.165) is 11.8 Å². The summed E-state index contributed by atoms with van der Waals surface area (Å²) in [6.45, 7) is 23.3. The predicted octanol–water partition coefficient (Wildman–Crippen LogP) is 9.45. The van der Waals surface area contributed by atoms with E-state index in [1.165, 1.54) is 69.8 Å². The molecule has 0 aromatic rings. The second kappa shape index (κ2) is 9.22. The molecule has 0 heterocycles. The summed E-state index contributed by atoms with van der Waals surface area (Å²) in [5.41, 5.74) is 7.28. The number of allylic oxidation sites excluding steroid dienone is 6. The molecule has 0 saturated heterocycles. The fourth-order valence-electron chi connectivity index (χ4n) is 6.91. The summed E-state index contributed by atoms with van der Waals surface area (Å²) in [5.74, 6) is 2.79. The van der Waals surface area contributed by atoms with E-state index in [-0.39, 0.29) is 0 Å². The Kier molecular flexibility index (Phi) is 7.26. The minimum absolute atomic E-state index is 0.442. The van der Waals surface area contributed by atoms with Crippen molar-refractivity contribution in [1.82, 2.24) is 0 Å². The summed E-state index contributed by atoms with van der Waals surface area (Å²) >= 11 is 0. The van der Waals surface area contributed by atoms with Crippen LogP contribution in [0, 0.1) is 34.5 Å². The molecule has 0 aromatic heterocycles.